The molecule has 2 amide bonds. The maximum atomic E-state index is 13.2. The number of nitrogens with zero attached hydrogens (tertiary/aromatic N) is 1. The second-order valence-corrected chi connectivity index (χ2v) is 10.00. The highest BCUT2D eigenvalue weighted by Gasteiger charge is 2.30. The summed E-state index contributed by atoms with van der Waals surface area (Å²) in [5, 5.41) is 11.8. The fraction of sp³-hybridized carbons (Fsp3) is 0.464. The van der Waals surface area contributed by atoms with Gasteiger partial charge in [-0.15, -0.1) is 0 Å². The highest BCUT2D eigenvalue weighted by atomic mass is 16.6. The number of ether oxygens (including phenoxy) is 2. The molecule has 3 rings (SSSR count). The Balaban J connectivity index is 1.69. The van der Waals surface area contributed by atoms with Crippen molar-refractivity contribution in [1.82, 2.24) is 10.2 Å². The minimum atomic E-state index is -0.929. The maximum absolute atomic E-state index is 13.2. The molecule has 194 valence electrons. The van der Waals surface area contributed by atoms with Crippen LogP contribution < -0.4 is 5.32 Å². The number of aliphatic carboxylic acids is 1. The van der Waals surface area contributed by atoms with E-state index in [1.54, 1.807) is 20.8 Å². The van der Waals surface area contributed by atoms with Crippen molar-refractivity contribution >= 4 is 18.2 Å². The summed E-state index contributed by atoms with van der Waals surface area (Å²) in [6, 6.07) is 15.8. The Morgan fingerprint density at radius 1 is 1.03 bits per heavy atom. The average molecular weight is 497 g/mol. The minimum Gasteiger partial charge on any atom is -0.481 e. The summed E-state index contributed by atoms with van der Waals surface area (Å²) >= 11 is 0. The number of fused-ring (bicyclic) bond motifs is 3. The normalized spacial score (nSPS) is 13.3. The monoisotopic (exact) mass is 496 g/mol. The van der Waals surface area contributed by atoms with Crippen LogP contribution in [-0.2, 0) is 14.3 Å². The first-order valence-corrected chi connectivity index (χ1v) is 12.4. The molecular weight excluding hydrogens is 460 g/mol. The number of carboxylic acid groups (broad SMARTS) is 1. The first-order valence-electron chi connectivity index (χ1n) is 12.4. The number of carboxylic acids is 1. The van der Waals surface area contributed by atoms with Crippen LogP contribution in [0.2, 0.25) is 0 Å². The van der Waals surface area contributed by atoms with Crippen molar-refractivity contribution in [3.63, 3.8) is 0 Å². The molecule has 1 aliphatic rings. The van der Waals surface area contributed by atoms with Gasteiger partial charge >= 0.3 is 18.2 Å². The molecule has 2 N–H and O–H groups in total. The smallest absolute Gasteiger partial charge is 0.409 e. The van der Waals surface area contributed by atoms with Gasteiger partial charge in [-0.3, -0.25) is 4.79 Å². The molecule has 1 unspecified atom stereocenters. The van der Waals surface area contributed by atoms with Crippen LogP contribution in [0.15, 0.2) is 48.5 Å². The lowest BCUT2D eigenvalue weighted by Crippen LogP contribution is -2.47. The van der Waals surface area contributed by atoms with Crippen LogP contribution in [0.5, 0.6) is 0 Å². The summed E-state index contributed by atoms with van der Waals surface area (Å²) in [5.41, 5.74) is 3.86. The Morgan fingerprint density at radius 2 is 1.61 bits per heavy atom. The van der Waals surface area contributed by atoms with Crippen LogP contribution in [0.25, 0.3) is 11.1 Å². The minimum absolute atomic E-state index is 0.0660. The standard InChI is InChI=1S/C28H36N2O6/c1-5-19(29-26(33)36-28(2,3)4)17-30(16-10-15-25(31)32)27(34)35-18-24-22-13-8-6-11-20(22)21-12-7-9-14-23(21)24/h6-9,11-14,19,24H,5,10,15-18H2,1-4H3,(H,29,33)(H,31,32). The molecule has 1 aliphatic carbocycles. The molecule has 0 spiro atoms. The lowest BCUT2D eigenvalue weighted by molar-refractivity contribution is -0.137. The van der Waals surface area contributed by atoms with Gasteiger partial charge in [0.1, 0.15) is 12.2 Å². The number of amides is 2. The van der Waals surface area contributed by atoms with E-state index >= 15 is 0 Å². The lowest BCUT2D eigenvalue weighted by atomic mass is 9.98. The van der Waals surface area contributed by atoms with Crippen LogP contribution in [0.1, 0.15) is 64.0 Å². The second-order valence-electron chi connectivity index (χ2n) is 10.00. The molecule has 0 aliphatic heterocycles. The highest BCUT2D eigenvalue weighted by Crippen LogP contribution is 2.44. The topological polar surface area (TPSA) is 105 Å². The molecule has 2 aromatic rings. The average Bonchev–Trinajstić information content (AvgIpc) is 3.13. The SMILES string of the molecule is CCC(CN(CCCC(=O)O)C(=O)OCC1c2ccccc2-c2ccccc21)NC(=O)OC(C)(C)C. The first-order chi connectivity index (χ1) is 17.1. The second kappa shape index (κ2) is 11.9. The number of carbonyl (C=O) groups excluding carboxylic acids is 2. The quantitative estimate of drug-likeness (QED) is 0.456. The summed E-state index contributed by atoms with van der Waals surface area (Å²) in [6.45, 7) is 7.79. The number of hydrogen-bond donors (Lipinski definition) is 2. The molecule has 1 atom stereocenters. The molecule has 0 saturated carbocycles. The van der Waals surface area contributed by atoms with E-state index in [0.29, 0.717) is 6.42 Å². The Labute approximate surface area is 212 Å². The van der Waals surface area contributed by atoms with Gasteiger partial charge in [0.05, 0.1) is 0 Å². The van der Waals surface area contributed by atoms with Gasteiger partial charge in [0.25, 0.3) is 0 Å². The zero-order chi connectivity index (χ0) is 26.3. The van der Waals surface area contributed by atoms with E-state index in [2.05, 4.69) is 29.6 Å². The third kappa shape index (κ3) is 7.23. The van der Waals surface area contributed by atoms with Gasteiger partial charge in [0, 0.05) is 31.5 Å². The predicted molar refractivity (Wildman–Crippen MR) is 137 cm³/mol. The predicted octanol–water partition coefficient (Wildman–Crippen LogP) is 5.41. The lowest BCUT2D eigenvalue weighted by Gasteiger charge is -2.28. The number of benzene rings is 2. The van der Waals surface area contributed by atoms with Crippen LogP contribution >= 0.6 is 0 Å². The number of rotatable bonds is 10. The Kier molecular flexibility index (Phi) is 8.96. The van der Waals surface area contributed by atoms with Gasteiger partial charge in [-0.1, -0.05) is 55.5 Å². The molecule has 36 heavy (non-hydrogen) atoms. The van der Waals surface area contributed by atoms with E-state index in [1.165, 1.54) is 4.90 Å². The van der Waals surface area contributed by atoms with Gasteiger partial charge in [0.2, 0.25) is 0 Å². The molecule has 8 nitrogen and oxygen atoms in total. The summed E-state index contributed by atoms with van der Waals surface area (Å²) in [4.78, 5) is 38.0. The van der Waals surface area contributed by atoms with E-state index < -0.39 is 23.8 Å². The molecule has 0 fully saturated rings. The fourth-order valence-corrected chi connectivity index (χ4v) is 4.38. The molecule has 2 aromatic carbocycles. The number of alkyl carbamates (subject to hydrolysis) is 1. The maximum Gasteiger partial charge on any atom is 0.409 e. The van der Waals surface area contributed by atoms with Gasteiger partial charge in [0.15, 0.2) is 0 Å². The molecule has 0 heterocycles. The van der Waals surface area contributed by atoms with Crippen molar-refractivity contribution in [1.29, 1.82) is 0 Å². The van der Waals surface area contributed by atoms with E-state index in [4.69, 9.17) is 14.6 Å². The number of carbonyl (C=O) groups is 3. The summed E-state index contributed by atoms with van der Waals surface area (Å²) in [7, 11) is 0. The Morgan fingerprint density at radius 3 is 2.14 bits per heavy atom. The fourth-order valence-electron chi connectivity index (χ4n) is 4.38. The molecular formula is C28H36N2O6. The Bertz CT molecular complexity index is 1030. The summed E-state index contributed by atoms with van der Waals surface area (Å²) in [6.07, 6.45) is -0.323. The zero-order valence-corrected chi connectivity index (χ0v) is 21.5. The molecule has 0 radical (unpaired) electrons. The van der Waals surface area contributed by atoms with Crippen molar-refractivity contribution in [2.45, 2.75) is 64.5 Å². The molecule has 0 bridgehead atoms. The highest BCUT2D eigenvalue weighted by molar-refractivity contribution is 5.79. The largest absolute Gasteiger partial charge is 0.481 e. The first kappa shape index (κ1) is 27.0. The van der Waals surface area contributed by atoms with E-state index in [1.807, 2.05) is 31.2 Å². The van der Waals surface area contributed by atoms with Gasteiger partial charge < -0.3 is 24.8 Å². The van der Waals surface area contributed by atoms with Crippen molar-refractivity contribution in [2.24, 2.45) is 0 Å². The summed E-state index contributed by atoms with van der Waals surface area (Å²) < 4.78 is 11.1. The van der Waals surface area contributed by atoms with Crippen LogP contribution in [0.4, 0.5) is 9.59 Å². The third-order valence-corrected chi connectivity index (χ3v) is 6.07. The van der Waals surface area contributed by atoms with Crippen LogP contribution in [0, 0.1) is 0 Å². The molecule has 0 aromatic heterocycles. The van der Waals surface area contributed by atoms with Crippen LogP contribution in [-0.4, -0.2) is 59.5 Å². The van der Waals surface area contributed by atoms with Crippen molar-refractivity contribution < 1.29 is 29.0 Å². The number of hydrogen-bond acceptors (Lipinski definition) is 5. The summed E-state index contributed by atoms with van der Waals surface area (Å²) in [5.74, 6) is -1.01. The van der Waals surface area contributed by atoms with E-state index in [9.17, 15) is 14.4 Å². The van der Waals surface area contributed by atoms with Crippen molar-refractivity contribution in [2.75, 3.05) is 19.7 Å². The van der Waals surface area contributed by atoms with E-state index in [-0.39, 0.29) is 44.5 Å². The third-order valence-electron chi connectivity index (χ3n) is 6.07. The van der Waals surface area contributed by atoms with Crippen LogP contribution in [0.3, 0.4) is 0 Å². The van der Waals surface area contributed by atoms with Crippen molar-refractivity contribution in [3.05, 3.63) is 59.7 Å². The van der Waals surface area contributed by atoms with Crippen molar-refractivity contribution in [3.8, 4) is 11.1 Å². The van der Waals surface area contributed by atoms with Gasteiger partial charge in [-0.2, -0.15) is 0 Å². The van der Waals surface area contributed by atoms with Gasteiger partial charge in [-0.25, -0.2) is 9.59 Å². The van der Waals surface area contributed by atoms with Gasteiger partial charge in [-0.05, 0) is 55.9 Å². The molecule has 0 saturated heterocycles. The van der Waals surface area contributed by atoms with E-state index in [0.717, 1.165) is 22.3 Å². The zero-order valence-electron chi connectivity index (χ0n) is 21.5. The Hall–Kier alpha value is -3.55. The number of nitrogens with one attached hydrogen (secondary N) is 1. The molecule has 8 heteroatoms.